The van der Waals surface area contributed by atoms with E-state index in [0.717, 1.165) is 30.8 Å². The van der Waals surface area contributed by atoms with Crippen molar-refractivity contribution in [2.75, 3.05) is 26.2 Å². The maximum absolute atomic E-state index is 13.0. The number of likely N-dealkylation sites (N-methyl/N-ethyl adjacent to an activating group) is 1. The first-order chi connectivity index (χ1) is 14.1. The molecule has 0 radical (unpaired) electrons. The number of carbonyl (C=O) groups is 2. The van der Waals surface area contributed by atoms with Crippen molar-refractivity contribution in [3.63, 3.8) is 0 Å². The zero-order valence-electron chi connectivity index (χ0n) is 17.3. The minimum Gasteiger partial charge on any atom is -0.352 e. The monoisotopic (exact) mass is 413 g/mol. The number of nitrogens with zero attached hydrogens (tertiary/aromatic N) is 2. The molecule has 1 aromatic heterocycles. The van der Waals surface area contributed by atoms with Gasteiger partial charge in [-0.25, -0.2) is 0 Å². The second-order valence-electron chi connectivity index (χ2n) is 7.39. The third kappa shape index (κ3) is 5.46. The molecule has 2 amide bonds. The predicted molar refractivity (Wildman–Crippen MR) is 118 cm³/mol. The Hall–Kier alpha value is -2.18. The van der Waals surface area contributed by atoms with Gasteiger partial charge in [-0.15, -0.1) is 11.3 Å². The molecule has 29 heavy (non-hydrogen) atoms. The predicted octanol–water partition coefficient (Wildman–Crippen LogP) is 3.48. The van der Waals surface area contributed by atoms with Crippen molar-refractivity contribution in [1.82, 2.24) is 15.1 Å². The van der Waals surface area contributed by atoms with E-state index in [1.807, 2.05) is 35.7 Å². The van der Waals surface area contributed by atoms with E-state index < -0.39 is 0 Å². The summed E-state index contributed by atoms with van der Waals surface area (Å²) in [6.07, 6.45) is 2.00. The first kappa shape index (κ1) is 21.5. The molecular formula is C23H31N3O2S. The molecule has 0 saturated carbocycles. The number of hydrogen-bond acceptors (Lipinski definition) is 4. The van der Waals surface area contributed by atoms with E-state index in [1.165, 1.54) is 5.56 Å². The molecule has 2 aromatic rings. The van der Waals surface area contributed by atoms with Gasteiger partial charge < -0.3 is 10.2 Å². The van der Waals surface area contributed by atoms with Crippen LogP contribution in [0.2, 0.25) is 0 Å². The lowest BCUT2D eigenvalue weighted by Crippen LogP contribution is -2.48. The van der Waals surface area contributed by atoms with Gasteiger partial charge in [-0.05, 0) is 42.9 Å². The van der Waals surface area contributed by atoms with E-state index in [-0.39, 0.29) is 23.9 Å². The molecule has 156 valence electrons. The van der Waals surface area contributed by atoms with Crippen LogP contribution in [0.15, 0.2) is 47.8 Å². The Morgan fingerprint density at radius 2 is 1.93 bits per heavy atom. The Kier molecular flexibility index (Phi) is 7.83. The summed E-state index contributed by atoms with van der Waals surface area (Å²) in [5.74, 6) is 0.0172. The van der Waals surface area contributed by atoms with Crippen molar-refractivity contribution >= 4 is 23.2 Å². The molecule has 2 unspecified atom stereocenters. The molecule has 3 rings (SSSR count). The smallest absolute Gasteiger partial charge is 0.242 e. The van der Waals surface area contributed by atoms with Crippen LogP contribution in [0.1, 0.15) is 43.2 Å². The van der Waals surface area contributed by atoms with Crippen molar-refractivity contribution < 1.29 is 9.59 Å². The molecule has 1 fully saturated rings. The second-order valence-corrected chi connectivity index (χ2v) is 8.43. The summed E-state index contributed by atoms with van der Waals surface area (Å²) < 4.78 is 0. The number of thiophene rings is 1. The zero-order valence-corrected chi connectivity index (χ0v) is 18.2. The van der Waals surface area contributed by atoms with Gasteiger partial charge in [-0.3, -0.25) is 14.5 Å². The molecule has 2 atom stereocenters. The fourth-order valence-electron chi connectivity index (χ4n) is 4.11. The molecule has 1 saturated heterocycles. The quantitative estimate of drug-likeness (QED) is 0.685. The summed E-state index contributed by atoms with van der Waals surface area (Å²) in [7, 11) is 0. The van der Waals surface area contributed by atoms with Gasteiger partial charge in [0.25, 0.3) is 0 Å². The lowest BCUT2D eigenvalue weighted by atomic mass is 10.0. The molecule has 1 N–H and O–H groups in total. The Labute approximate surface area is 177 Å². The summed E-state index contributed by atoms with van der Waals surface area (Å²) in [5.41, 5.74) is 1.20. The summed E-state index contributed by atoms with van der Waals surface area (Å²) in [4.78, 5) is 30.9. The van der Waals surface area contributed by atoms with Gasteiger partial charge in [0.1, 0.15) is 6.04 Å². The molecule has 0 aliphatic carbocycles. The van der Waals surface area contributed by atoms with Crippen molar-refractivity contribution in [2.24, 2.45) is 0 Å². The Balaban J connectivity index is 1.63. The molecule has 2 heterocycles. The largest absolute Gasteiger partial charge is 0.352 e. The Morgan fingerprint density at radius 3 is 2.59 bits per heavy atom. The van der Waals surface area contributed by atoms with Crippen LogP contribution in [0.25, 0.3) is 0 Å². The van der Waals surface area contributed by atoms with Crippen LogP contribution in [0.3, 0.4) is 0 Å². The number of hydrogen-bond donors (Lipinski definition) is 1. The van der Waals surface area contributed by atoms with Gasteiger partial charge in [0, 0.05) is 18.0 Å². The number of carbonyl (C=O) groups excluding carboxylic acids is 2. The molecule has 1 aliphatic heterocycles. The highest BCUT2D eigenvalue weighted by molar-refractivity contribution is 7.10. The van der Waals surface area contributed by atoms with E-state index in [4.69, 9.17) is 0 Å². The van der Waals surface area contributed by atoms with Crippen molar-refractivity contribution in [2.45, 2.75) is 45.2 Å². The van der Waals surface area contributed by atoms with Gasteiger partial charge in [0.2, 0.25) is 11.8 Å². The average molecular weight is 414 g/mol. The molecule has 0 spiro atoms. The summed E-state index contributed by atoms with van der Waals surface area (Å²) in [6, 6.07) is 14.0. The Bertz CT molecular complexity index is 775. The van der Waals surface area contributed by atoms with Crippen molar-refractivity contribution in [3.8, 4) is 0 Å². The SMILES string of the molecule is CCN(CC)C(CNC(=O)C1CCCN1C(=O)Cc1cccs1)c1ccccc1. The van der Waals surface area contributed by atoms with Crippen LogP contribution in [-0.4, -0.2) is 53.8 Å². The van der Waals surface area contributed by atoms with Gasteiger partial charge >= 0.3 is 0 Å². The molecule has 5 nitrogen and oxygen atoms in total. The van der Waals surface area contributed by atoms with Crippen LogP contribution in [-0.2, 0) is 16.0 Å². The number of likely N-dealkylation sites (tertiary alicyclic amines) is 1. The third-order valence-electron chi connectivity index (χ3n) is 5.69. The van der Waals surface area contributed by atoms with Gasteiger partial charge in [0.05, 0.1) is 12.5 Å². The topological polar surface area (TPSA) is 52.7 Å². The minimum absolute atomic E-state index is 0.0323. The highest BCUT2D eigenvalue weighted by Crippen LogP contribution is 2.22. The fraction of sp³-hybridized carbons (Fsp3) is 0.478. The molecule has 1 aliphatic rings. The lowest BCUT2D eigenvalue weighted by molar-refractivity contribution is -0.138. The van der Waals surface area contributed by atoms with E-state index in [0.29, 0.717) is 19.5 Å². The zero-order chi connectivity index (χ0) is 20.6. The van der Waals surface area contributed by atoms with Crippen LogP contribution in [0, 0.1) is 0 Å². The molecular weight excluding hydrogens is 382 g/mol. The fourth-order valence-corrected chi connectivity index (χ4v) is 4.81. The Morgan fingerprint density at radius 1 is 1.17 bits per heavy atom. The molecule has 6 heteroatoms. The summed E-state index contributed by atoms with van der Waals surface area (Å²) in [5, 5.41) is 5.12. The number of benzene rings is 1. The number of amides is 2. The second kappa shape index (κ2) is 10.6. The maximum atomic E-state index is 13.0. The first-order valence-electron chi connectivity index (χ1n) is 10.5. The highest BCUT2D eigenvalue weighted by atomic mass is 32.1. The van der Waals surface area contributed by atoms with E-state index in [1.54, 1.807) is 16.2 Å². The van der Waals surface area contributed by atoms with Crippen LogP contribution in [0.5, 0.6) is 0 Å². The van der Waals surface area contributed by atoms with E-state index in [9.17, 15) is 9.59 Å². The lowest BCUT2D eigenvalue weighted by Gasteiger charge is -2.31. The average Bonchev–Trinajstić information content (AvgIpc) is 3.43. The minimum atomic E-state index is -0.351. The summed E-state index contributed by atoms with van der Waals surface area (Å²) >= 11 is 1.59. The maximum Gasteiger partial charge on any atom is 0.242 e. The van der Waals surface area contributed by atoms with Crippen LogP contribution in [0.4, 0.5) is 0 Å². The van der Waals surface area contributed by atoms with Gasteiger partial charge in [0.15, 0.2) is 0 Å². The van der Waals surface area contributed by atoms with Crippen LogP contribution < -0.4 is 5.32 Å². The van der Waals surface area contributed by atoms with Gasteiger partial charge in [-0.2, -0.15) is 0 Å². The summed E-state index contributed by atoms with van der Waals surface area (Å²) in [6.45, 7) is 7.34. The standard InChI is InChI=1S/C23H31N3O2S/c1-3-25(4-2)21(18-10-6-5-7-11-18)17-24-23(28)20-13-8-14-26(20)22(27)16-19-12-9-15-29-19/h5-7,9-12,15,20-21H,3-4,8,13-14,16-17H2,1-2H3,(H,24,28). The van der Waals surface area contributed by atoms with E-state index >= 15 is 0 Å². The van der Waals surface area contributed by atoms with Crippen molar-refractivity contribution in [1.29, 1.82) is 0 Å². The van der Waals surface area contributed by atoms with Gasteiger partial charge in [-0.1, -0.05) is 50.2 Å². The first-order valence-corrected chi connectivity index (χ1v) is 11.4. The van der Waals surface area contributed by atoms with Crippen molar-refractivity contribution in [3.05, 3.63) is 58.3 Å². The van der Waals surface area contributed by atoms with E-state index in [2.05, 4.69) is 36.2 Å². The molecule has 1 aromatic carbocycles. The normalized spacial score (nSPS) is 17.5. The number of nitrogens with one attached hydrogen (secondary N) is 1. The third-order valence-corrected chi connectivity index (χ3v) is 6.56. The molecule has 0 bridgehead atoms. The highest BCUT2D eigenvalue weighted by Gasteiger charge is 2.34. The number of rotatable bonds is 9. The van der Waals surface area contributed by atoms with Crippen LogP contribution >= 0.6 is 11.3 Å².